The number of amides is 1. The van der Waals surface area contributed by atoms with E-state index < -0.39 is 27.3 Å². The summed E-state index contributed by atoms with van der Waals surface area (Å²) >= 11 is 2.34. The molecule has 0 unspecified atom stereocenters. The van der Waals surface area contributed by atoms with Crippen LogP contribution in [0, 0.1) is 0 Å². The van der Waals surface area contributed by atoms with Crippen LogP contribution in [-0.4, -0.2) is 50.8 Å². The average Bonchev–Trinajstić information content (AvgIpc) is 3.02. The zero-order valence-electron chi connectivity index (χ0n) is 16.5. The molecule has 0 spiro atoms. The minimum absolute atomic E-state index is 0.0141. The standard InChI is InChI=1S/C17H21BN2O6S3/c1-17(2,3)26-16(23)20-8-19-12-7-11(15(27-4)28-12)29(24,25)10-6-5-9(21)13(18)14(10)22/h5-8,21-22H,18H2,1-4H3,(H,19,20,23). The molecule has 0 atom stereocenters. The van der Waals surface area contributed by atoms with E-state index in [-0.39, 0.29) is 21.0 Å². The number of phenolic OH excluding ortho intramolecular Hbond substituents is 2. The summed E-state index contributed by atoms with van der Waals surface area (Å²) in [7, 11) is -2.63. The van der Waals surface area contributed by atoms with Crippen LogP contribution in [0.3, 0.4) is 0 Å². The van der Waals surface area contributed by atoms with Gasteiger partial charge in [-0.15, -0.1) is 23.1 Å². The van der Waals surface area contributed by atoms with Crippen LogP contribution in [0.5, 0.6) is 11.5 Å². The molecule has 156 valence electrons. The van der Waals surface area contributed by atoms with Gasteiger partial charge in [0.15, 0.2) is 0 Å². The lowest BCUT2D eigenvalue weighted by Crippen LogP contribution is -2.31. The van der Waals surface area contributed by atoms with Crippen molar-refractivity contribution in [1.82, 2.24) is 5.32 Å². The third kappa shape index (κ3) is 5.46. The first kappa shape index (κ1) is 23.1. The van der Waals surface area contributed by atoms with E-state index in [0.29, 0.717) is 9.21 Å². The number of hydrogen-bond acceptors (Lipinski definition) is 9. The van der Waals surface area contributed by atoms with Gasteiger partial charge in [0.25, 0.3) is 0 Å². The number of phenols is 2. The number of thioether (sulfide) groups is 1. The number of thiophene rings is 1. The summed E-state index contributed by atoms with van der Waals surface area (Å²) in [6.45, 7) is 5.18. The van der Waals surface area contributed by atoms with E-state index in [1.807, 2.05) is 0 Å². The molecule has 1 aromatic heterocycles. The van der Waals surface area contributed by atoms with E-state index in [0.717, 1.165) is 23.7 Å². The Labute approximate surface area is 178 Å². The maximum Gasteiger partial charge on any atom is 0.412 e. The first-order valence-electron chi connectivity index (χ1n) is 8.33. The van der Waals surface area contributed by atoms with Gasteiger partial charge in [0.1, 0.15) is 34.8 Å². The third-order valence-electron chi connectivity index (χ3n) is 3.56. The molecule has 2 aromatic rings. The number of aliphatic imine (C=N–C) groups is 1. The molecule has 2 rings (SSSR count). The van der Waals surface area contributed by atoms with Crippen molar-refractivity contribution in [2.75, 3.05) is 6.26 Å². The number of nitrogens with one attached hydrogen (secondary N) is 1. The number of ether oxygens (including phenoxy) is 1. The Morgan fingerprint density at radius 1 is 1.31 bits per heavy atom. The number of hydrogen-bond donors (Lipinski definition) is 3. The van der Waals surface area contributed by atoms with Crippen LogP contribution in [0.1, 0.15) is 20.8 Å². The fraction of sp³-hybridized carbons (Fsp3) is 0.294. The Balaban J connectivity index is 2.34. The maximum absolute atomic E-state index is 13.1. The molecule has 12 heteroatoms. The number of benzene rings is 1. The van der Waals surface area contributed by atoms with Crippen molar-refractivity contribution in [2.24, 2.45) is 4.99 Å². The fourth-order valence-electron chi connectivity index (χ4n) is 2.20. The van der Waals surface area contributed by atoms with Crippen molar-refractivity contribution in [1.29, 1.82) is 0 Å². The second kappa shape index (κ2) is 8.68. The van der Waals surface area contributed by atoms with E-state index in [1.165, 1.54) is 31.7 Å². The topological polar surface area (TPSA) is 125 Å². The molecule has 0 aliphatic carbocycles. The van der Waals surface area contributed by atoms with Crippen molar-refractivity contribution in [3.8, 4) is 11.5 Å². The molecule has 0 aliphatic rings. The van der Waals surface area contributed by atoms with Crippen LogP contribution in [-0.2, 0) is 14.6 Å². The Morgan fingerprint density at radius 2 is 1.97 bits per heavy atom. The summed E-state index contributed by atoms with van der Waals surface area (Å²) in [5, 5.41) is 22.6. The minimum atomic E-state index is -4.05. The van der Waals surface area contributed by atoms with Crippen LogP contribution >= 0.6 is 23.1 Å². The summed E-state index contributed by atoms with van der Waals surface area (Å²) in [5.41, 5.74) is -0.579. The number of aromatic hydroxyl groups is 2. The highest BCUT2D eigenvalue weighted by Crippen LogP contribution is 2.42. The molecule has 0 saturated heterocycles. The highest BCUT2D eigenvalue weighted by Gasteiger charge is 2.28. The zero-order valence-corrected chi connectivity index (χ0v) is 19.0. The lowest BCUT2D eigenvalue weighted by molar-refractivity contribution is 0.0565. The van der Waals surface area contributed by atoms with Crippen LogP contribution in [0.2, 0.25) is 0 Å². The molecule has 3 N–H and O–H groups in total. The van der Waals surface area contributed by atoms with Gasteiger partial charge >= 0.3 is 6.09 Å². The molecule has 8 nitrogen and oxygen atoms in total. The normalized spacial score (nSPS) is 12.3. The maximum atomic E-state index is 13.1. The Hall–Kier alpha value is -2.18. The zero-order chi connectivity index (χ0) is 22.0. The molecular formula is C17H21BN2O6S3. The fourth-order valence-corrected chi connectivity index (χ4v) is 6.16. The highest BCUT2D eigenvalue weighted by atomic mass is 32.2. The van der Waals surface area contributed by atoms with E-state index in [4.69, 9.17) is 4.74 Å². The molecule has 0 saturated carbocycles. The average molecular weight is 456 g/mol. The van der Waals surface area contributed by atoms with Crippen molar-refractivity contribution in [2.45, 2.75) is 40.4 Å². The Kier molecular flexibility index (Phi) is 6.91. The molecule has 1 aromatic carbocycles. The Morgan fingerprint density at radius 3 is 2.55 bits per heavy atom. The quantitative estimate of drug-likeness (QED) is 0.273. The number of carbonyl (C=O) groups is 1. The van der Waals surface area contributed by atoms with Crippen molar-refractivity contribution in [3.63, 3.8) is 0 Å². The second-order valence-electron chi connectivity index (χ2n) is 6.90. The molecule has 29 heavy (non-hydrogen) atoms. The smallest absolute Gasteiger partial charge is 0.412 e. The minimum Gasteiger partial charge on any atom is -0.508 e. The second-order valence-corrected chi connectivity index (χ2v) is 10.9. The van der Waals surface area contributed by atoms with Crippen LogP contribution in [0.15, 0.2) is 37.2 Å². The van der Waals surface area contributed by atoms with Crippen molar-refractivity contribution in [3.05, 3.63) is 18.2 Å². The molecule has 0 aliphatic heterocycles. The molecule has 0 radical (unpaired) electrons. The number of carbonyl (C=O) groups excluding carboxylic acids is 1. The lowest BCUT2D eigenvalue weighted by atomic mass is 9.94. The van der Waals surface area contributed by atoms with Gasteiger partial charge in [-0.1, -0.05) is 0 Å². The van der Waals surface area contributed by atoms with Gasteiger partial charge in [0, 0.05) is 0 Å². The predicted molar refractivity (Wildman–Crippen MR) is 117 cm³/mol. The summed E-state index contributed by atoms with van der Waals surface area (Å²) in [5.74, 6) is -0.699. The largest absolute Gasteiger partial charge is 0.508 e. The van der Waals surface area contributed by atoms with E-state index in [9.17, 15) is 23.4 Å². The van der Waals surface area contributed by atoms with Crippen molar-refractivity contribution >= 4 is 63.7 Å². The first-order chi connectivity index (χ1) is 13.4. The van der Waals surface area contributed by atoms with Gasteiger partial charge in [0.05, 0.1) is 15.4 Å². The number of sulfone groups is 1. The molecule has 0 fully saturated rings. The van der Waals surface area contributed by atoms with Gasteiger partial charge in [-0.3, -0.25) is 5.32 Å². The van der Waals surface area contributed by atoms with Crippen LogP contribution in [0.25, 0.3) is 0 Å². The summed E-state index contributed by atoms with van der Waals surface area (Å²) in [4.78, 5) is 15.4. The number of rotatable bonds is 5. The van der Waals surface area contributed by atoms with Gasteiger partial charge in [-0.05, 0) is 50.7 Å². The highest BCUT2D eigenvalue weighted by molar-refractivity contribution is 8.01. The number of alkyl carbamates (subject to hydrolysis) is 1. The van der Waals surface area contributed by atoms with Crippen LogP contribution < -0.4 is 10.8 Å². The molecule has 1 amide bonds. The molecular weight excluding hydrogens is 435 g/mol. The van der Waals surface area contributed by atoms with Crippen LogP contribution in [0.4, 0.5) is 9.80 Å². The van der Waals surface area contributed by atoms with E-state index >= 15 is 0 Å². The third-order valence-corrected chi connectivity index (χ3v) is 7.80. The molecule has 1 heterocycles. The van der Waals surface area contributed by atoms with E-state index in [2.05, 4.69) is 10.3 Å². The Bertz CT molecular complexity index is 1060. The first-order valence-corrected chi connectivity index (χ1v) is 11.9. The van der Waals surface area contributed by atoms with Gasteiger partial charge in [-0.2, -0.15) is 0 Å². The molecule has 0 bridgehead atoms. The number of nitrogens with zero attached hydrogens (tertiary/aromatic N) is 1. The summed E-state index contributed by atoms with van der Waals surface area (Å²) in [6, 6.07) is 3.74. The summed E-state index contributed by atoms with van der Waals surface area (Å²) in [6.07, 6.45) is 2.17. The lowest BCUT2D eigenvalue weighted by Gasteiger charge is -2.18. The van der Waals surface area contributed by atoms with Gasteiger partial charge in [0.2, 0.25) is 9.84 Å². The van der Waals surface area contributed by atoms with Gasteiger partial charge < -0.3 is 14.9 Å². The SMILES string of the molecule is Bc1c(O)ccc(S(=O)(=O)c2cc(/N=C/NC(=O)OC(C)(C)C)sc2SC)c1O. The van der Waals surface area contributed by atoms with Gasteiger partial charge in [-0.25, -0.2) is 18.2 Å². The summed E-state index contributed by atoms with van der Waals surface area (Å²) < 4.78 is 31.7. The van der Waals surface area contributed by atoms with E-state index in [1.54, 1.807) is 27.0 Å². The predicted octanol–water partition coefficient (Wildman–Crippen LogP) is 2.16. The monoisotopic (exact) mass is 456 g/mol. The van der Waals surface area contributed by atoms with Crippen molar-refractivity contribution < 1.29 is 28.2 Å².